The molecule has 34 heavy (non-hydrogen) atoms. The Morgan fingerprint density at radius 2 is 1.76 bits per heavy atom. The minimum atomic E-state index is -1.08. The van der Waals surface area contributed by atoms with Gasteiger partial charge < -0.3 is 19.9 Å². The number of carboxylic acid groups (broad SMARTS) is 1. The van der Waals surface area contributed by atoms with E-state index in [0.29, 0.717) is 18.1 Å². The number of aliphatic carboxylic acids is 1. The van der Waals surface area contributed by atoms with Crippen molar-refractivity contribution in [1.29, 1.82) is 0 Å². The van der Waals surface area contributed by atoms with Gasteiger partial charge in [-0.15, -0.1) is 0 Å². The van der Waals surface area contributed by atoms with Crippen molar-refractivity contribution < 1.29 is 24.2 Å². The monoisotopic (exact) mass is 465 g/mol. The molecular formula is C26H31N3O5. The van der Waals surface area contributed by atoms with Crippen LogP contribution >= 0.6 is 0 Å². The smallest absolute Gasteiger partial charge is 0.325 e. The molecule has 0 aliphatic carbocycles. The Morgan fingerprint density at radius 3 is 2.35 bits per heavy atom. The molecule has 2 atom stereocenters. The number of aromatic nitrogens is 2. The van der Waals surface area contributed by atoms with E-state index in [4.69, 9.17) is 14.6 Å². The maximum atomic E-state index is 12.3. The molecule has 0 fully saturated rings. The van der Waals surface area contributed by atoms with Crippen LogP contribution in [0.5, 0.6) is 11.6 Å². The van der Waals surface area contributed by atoms with Crippen LogP contribution in [0.4, 0.5) is 0 Å². The number of rotatable bonds is 11. The van der Waals surface area contributed by atoms with E-state index in [-0.39, 0.29) is 6.10 Å². The number of carbonyl (C=O) groups excluding carboxylic acids is 1. The highest BCUT2D eigenvalue weighted by Crippen LogP contribution is 2.28. The lowest BCUT2D eigenvalue weighted by molar-refractivity contribution is -0.138. The van der Waals surface area contributed by atoms with Crippen LogP contribution in [0.3, 0.4) is 0 Å². The van der Waals surface area contributed by atoms with Crippen LogP contribution in [-0.2, 0) is 4.79 Å². The number of hydrogen-bond acceptors (Lipinski definition) is 5. The molecule has 3 rings (SSSR count). The number of amides is 1. The highest BCUT2D eigenvalue weighted by Gasteiger charge is 2.17. The molecule has 2 aromatic carbocycles. The van der Waals surface area contributed by atoms with Crippen molar-refractivity contribution in [2.24, 2.45) is 0 Å². The van der Waals surface area contributed by atoms with Crippen molar-refractivity contribution in [1.82, 2.24) is 15.1 Å². The molecule has 3 aromatic rings. The van der Waals surface area contributed by atoms with Crippen molar-refractivity contribution >= 4 is 11.9 Å². The van der Waals surface area contributed by atoms with E-state index in [1.54, 1.807) is 16.8 Å². The number of nitrogens with zero attached hydrogens (tertiary/aromatic N) is 2. The molecule has 1 heterocycles. The van der Waals surface area contributed by atoms with E-state index in [1.165, 1.54) is 6.92 Å². The third-order valence-corrected chi connectivity index (χ3v) is 5.26. The molecule has 8 nitrogen and oxygen atoms in total. The molecule has 0 saturated heterocycles. The quantitative estimate of drug-likeness (QED) is 0.425. The maximum Gasteiger partial charge on any atom is 0.325 e. The average Bonchev–Trinajstić information content (AvgIpc) is 3.19. The van der Waals surface area contributed by atoms with Gasteiger partial charge in [-0.25, -0.2) is 4.68 Å². The summed E-state index contributed by atoms with van der Waals surface area (Å²) >= 11 is 0. The first-order chi connectivity index (χ1) is 16.3. The van der Waals surface area contributed by atoms with E-state index in [9.17, 15) is 9.59 Å². The molecule has 0 saturated carbocycles. The molecule has 1 aromatic heterocycles. The van der Waals surface area contributed by atoms with E-state index in [1.807, 2.05) is 56.3 Å². The van der Waals surface area contributed by atoms with Crippen LogP contribution in [0, 0.1) is 6.92 Å². The van der Waals surface area contributed by atoms with Crippen LogP contribution in [0.2, 0.25) is 0 Å². The van der Waals surface area contributed by atoms with Crippen molar-refractivity contribution in [3.05, 3.63) is 71.4 Å². The largest absolute Gasteiger partial charge is 0.486 e. The first kappa shape index (κ1) is 24.8. The number of ether oxygens (including phenoxy) is 2. The van der Waals surface area contributed by atoms with Gasteiger partial charge in [0.25, 0.3) is 5.91 Å². The van der Waals surface area contributed by atoms with Crippen molar-refractivity contribution in [3.8, 4) is 17.3 Å². The van der Waals surface area contributed by atoms with Gasteiger partial charge in [0, 0.05) is 11.6 Å². The van der Waals surface area contributed by atoms with E-state index >= 15 is 0 Å². The number of hydrogen-bond donors (Lipinski definition) is 2. The Labute approximate surface area is 199 Å². The Balaban J connectivity index is 1.72. The normalized spacial score (nSPS) is 12.6. The highest BCUT2D eigenvalue weighted by molar-refractivity contribution is 5.96. The molecule has 2 unspecified atom stereocenters. The summed E-state index contributed by atoms with van der Waals surface area (Å²) in [4.78, 5) is 23.2. The maximum absolute atomic E-state index is 12.3. The summed E-state index contributed by atoms with van der Waals surface area (Å²) in [7, 11) is 0. The molecular weight excluding hydrogens is 434 g/mol. The summed E-state index contributed by atoms with van der Waals surface area (Å²) in [6, 6.07) is 15.7. The number of carbonyl (C=O) groups is 2. The van der Waals surface area contributed by atoms with Crippen molar-refractivity contribution in [2.45, 2.75) is 52.7 Å². The lowest BCUT2D eigenvalue weighted by Gasteiger charge is -2.20. The first-order valence-corrected chi connectivity index (χ1v) is 11.4. The molecule has 0 aliphatic heterocycles. The predicted molar refractivity (Wildman–Crippen MR) is 129 cm³/mol. The third kappa shape index (κ3) is 6.15. The Hall–Kier alpha value is -3.81. The molecule has 2 N–H and O–H groups in total. The van der Waals surface area contributed by atoms with Crippen LogP contribution in [0.15, 0.2) is 54.6 Å². The zero-order valence-electron chi connectivity index (χ0n) is 19.9. The summed E-state index contributed by atoms with van der Waals surface area (Å²) in [5.41, 5.74) is 3.09. The zero-order chi connectivity index (χ0) is 24.7. The van der Waals surface area contributed by atoms with Crippen LogP contribution in [0.1, 0.15) is 61.3 Å². The summed E-state index contributed by atoms with van der Waals surface area (Å²) in [6.45, 7) is 7.94. The lowest BCUT2D eigenvalue weighted by Crippen LogP contribution is -2.38. The summed E-state index contributed by atoms with van der Waals surface area (Å²) in [5.74, 6) is -0.0879. The topological polar surface area (TPSA) is 103 Å². The van der Waals surface area contributed by atoms with Gasteiger partial charge >= 0.3 is 5.97 Å². The minimum absolute atomic E-state index is 0.183. The highest BCUT2D eigenvalue weighted by atomic mass is 16.5. The number of nitrogens with one attached hydrogen (secondary N) is 1. The van der Waals surface area contributed by atoms with E-state index in [2.05, 4.69) is 17.3 Å². The van der Waals surface area contributed by atoms with Crippen LogP contribution in [0.25, 0.3) is 5.69 Å². The van der Waals surface area contributed by atoms with Crippen molar-refractivity contribution in [3.63, 3.8) is 0 Å². The molecule has 1 amide bonds. The van der Waals surface area contributed by atoms with Gasteiger partial charge in [-0.2, -0.15) is 5.10 Å². The molecule has 0 aliphatic rings. The van der Waals surface area contributed by atoms with E-state index in [0.717, 1.165) is 35.5 Å². The standard InChI is InChI=1S/C26H31N3O5/c1-5-7-23(19-8-10-20(11-9-19)25(30)27-18(4)26(31)32)34-22-14-12-21(13-15-22)29-24(33-6-2)16-17(3)28-29/h8-16,18,23H,5-7H2,1-4H3,(H,27,30)(H,31,32). The van der Waals surface area contributed by atoms with Gasteiger partial charge in [0.1, 0.15) is 17.9 Å². The fourth-order valence-electron chi connectivity index (χ4n) is 3.49. The second-order valence-electron chi connectivity index (χ2n) is 8.01. The molecule has 0 spiro atoms. The first-order valence-electron chi connectivity index (χ1n) is 11.4. The Kier molecular flexibility index (Phi) is 8.29. The summed E-state index contributed by atoms with van der Waals surface area (Å²) in [6.07, 6.45) is 1.54. The second kappa shape index (κ2) is 11.4. The van der Waals surface area contributed by atoms with Crippen LogP contribution in [-0.4, -0.2) is 39.4 Å². The van der Waals surface area contributed by atoms with E-state index < -0.39 is 17.9 Å². The second-order valence-corrected chi connectivity index (χ2v) is 8.01. The minimum Gasteiger partial charge on any atom is -0.486 e. The Bertz CT molecular complexity index is 1110. The fourth-order valence-corrected chi connectivity index (χ4v) is 3.49. The molecule has 8 heteroatoms. The van der Waals surface area contributed by atoms with Gasteiger partial charge in [0.2, 0.25) is 5.88 Å². The number of benzene rings is 2. The number of carboxylic acids is 1. The van der Waals surface area contributed by atoms with Gasteiger partial charge in [0.05, 0.1) is 18.0 Å². The van der Waals surface area contributed by atoms with Gasteiger partial charge in [-0.05, 0) is 69.2 Å². The average molecular weight is 466 g/mol. The lowest BCUT2D eigenvalue weighted by atomic mass is 10.0. The zero-order valence-corrected chi connectivity index (χ0v) is 19.9. The van der Waals surface area contributed by atoms with Gasteiger partial charge in [-0.1, -0.05) is 25.5 Å². The number of aryl methyl sites for hydroxylation is 1. The fraction of sp³-hybridized carbons (Fsp3) is 0.346. The Morgan fingerprint density at radius 1 is 1.09 bits per heavy atom. The summed E-state index contributed by atoms with van der Waals surface area (Å²) in [5, 5.41) is 15.9. The van der Waals surface area contributed by atoms with Crippen molar-refractivity contribution in [2.75, 3.05) is 6.61 Å². The molecule has 0 radical (unpaired) electrons. The predicted octanol–water partition coefficient (Wildman–Crippen LogP) is 4.70. The molecule has 180 valence electrons. The van der Waals surface area contributed by atoms with Gasteiger partial charge in [0.15, 0.2) is 0 Å². The van der Waals surface area contributed by atoms with Crippen LogP contribution < -0.4 is 14.8 Å². The van der Waals surface area contributed by atoms with Gasteiger partial charge in [-0.3, -0.25) is 9.59 Å². The molecule has 0 bridgehead atoms. The SMILES string of the molecule is CCCC(Oc1ccc(-n2nc(C)cc2OCC)cc1)c1ccc(C(=O)NC(C)C(=O)O)cc1. The third-order valence-electron chi connectivity index (χ3n) is 5.26. The summed E-state index contributed by atoms with van der Waals surface area (Å²) < 4.78 is 13.7.